The Morgan fingerprint density at radius 1 is 1.08 bits per heavy atom. The summed E-state index contributed by atoms with van der Waals surface area (Å²) >= 11 is 0. The summed E-state index contributed by atoms with van der Waals surface area (Å²) in [5.41, 5.74) is 4.49. The van der Waals surface area contributed by atoms with Crippen LogP contribution in [0.25, 0.3) is 10.8 Å². The molecule has 4 aliphatic rings. The molecule has 192 valence electrons. The summed E-state index contributed by atoms with van der Waals surface area (Å²) in [5.74, 6) is 1.14. The largest absolute Gasteiger partial charge is 0.359 e. The lowest BCUT2D eigenvalue weighted by molar-refractivity contribution is -0.118. The van der Waals surface area contributed by atoms with E-state index in [1.54, 1.807) is 5.57 Å². The first-order valence-electron chi connectivity index (χ1n) is 14.7. The molecule has 1 aromatic carbocycles. The van der Waals surface area contributed by atoms with Crippen LogP contribution >= 0.6 is 0 Å². The number of nitrogens with zero attached hydrogens (tertiary/aromatic N) is 2. The van der Waals surface area contributed by atoms with Gasteiger partial charge in [0.25, 0.3) is 0 Å². The van der Waals surface area contributed by atoms with E-state index < -0.39 is 0 Å². The molecule has 3 nitrogen and oxygen atoms in total. The molecule has 5 atom stereocenters. The molecule has 2 fully saturated rings. The maximum absolute atomic E-state index is 7.42. The second kappa shape index (κ2) is 9.40. The monoisotopic (exact) mass is 484 g/mol. The van der Waals surface area contributed by atoms with Gasteiger partial charge in [-0.2, -0.15) is 0 Å². The summed E-state index contributed by atoms with van der Waals surface area (Å²) in [6.07, 6.45) is 20.0. The first kappa shape index (κ1) is 24.4. The third-order valence-electron chi connectivity index (χ3n) is 10.3. The molecule has 2 spiro atoms. The van der Waals surface area contributed by atoms with E-state index >= 15 is 0 Å². The summed E-state index contributed by atoms with van der Waals surface area (Å²) in [7, 11) is 0. The predicted molar refractivity (Wildman–Crippen MR) is 149 cm³/mol. The quantitative estimate of drug-likeness (QED) is 0.440. The predicted octanol–water partition coefficient (Wildman–Crippen LogP) is 7.97. The van der Waals surface area contributed by atoms with Gasteiger partial charge < -0.3 is 4.74 Å². The van der Waals surface area contributed by atoms with E-state index in [0.717, 1.165) is 13.0 Å². The van der Waals surface area contributed by atoms with Crippen molar-refractivity contribution in [2.45, 2.75) is 115 Å². The van der Waals surface area contributed by atoms with Gasteiger partial charge in [0.05, 0.1) is 11.2 Å². The van der Waals surface area contributed by atoms with Gasteiger partial charge in [0.1, 0.15) is 0 Å². The molecule has 2 aliphatic carbocycles. The van der Waals surface area contributed by atoms with Gasteiger partial charge in [-0.15, -0.1) is 0 Å². The maximum Gasteiger partial charge on any atom is 0.0966 e. The average molecular weight is 485 g/mol. The molecule has 1 saturated carbocycles. The number of aromatic nitrogens is 1. The Morgan fingerprint density at radius 3 is 2.81 bits per heavy atom. The Morgan fingerprint density at radius 2 is 1.97 bits per heavy atom. The van der Waals surface area contributed by atoms with Gasteiger partial charge >= 0.3 is 0 Å². The Kier molecular flexibility index (Phi) is 6.37. The third kappa shape index (κ3) is 3.98. The lowest BCUT2D eigenvalue weighted by atomic mass is 9.73. The van der Waals surface area contributed by atoms with Crippen molar-refractivity contribution in [3.05, 3.63) is 65.5 Å². The average Bonchev–Trinajstić information content (AvgIpc) is 3.23. The minimum atomic E-state index is -0.0809. The number of allylic oxidation sites excluding steroid dienone is 1. The fraction of sp³-hybridized carbons (Fsp3) is 0.606. The minimum absolute atomic E-state index is 0.0182. The fourth-order valence-electron chi connectivity index (χ4n) is 8.24. The Balaban J connectivity index is 1.27. The SMILES string of the molecule is CCN(C(C)C)[C@@H]1CCC2=C/C3=C/CCC(c4ccc5ccncc5c4)CC[C@H](C)[C@@]34CC[C@]2(C1)O4. The molecule has 36 heavy (non-hydrogen) atoms. The minimum Gasteiger partial charge on any atom is -0.359 e. The van der Waals surface area contributed by atoms with Gasteiger partial charge in [-0.05, 0) is 124 Å². The van der Waals surface area contributed by atoms with Crippen molar-refractivity contribution in [3.8, 4) is 0 Å². The van der Waals surface area contributed by atoms with Crippen LogP contribution in [0.15, 0.2) is 60.0 Å². The van der Waals surface area contributed by atoms with Crippen LogP contribution in [-0.4, -0.2) is 39.7 Å². The molecule has 1 unspecified atom stereocenters. The molecule has 0 amide bonds. The van der Waals surface area contributed by atoms with Crippen LogP contribution in [0.4, 0.5) is 0 Å². The summed E-state index contributed by atoms with van der Waals surface area (Å²) in [6.45, 7) is 10.6. The normalized spacial score (nSPS) is 35.9. The van der Waals surface area contributed by atoms with Crippen molar-refractivity contribution in [3.63, 3.8) is 0 Å². The van der Waals surface area contributed by atoms with Gasteiger partial charge in [-0.1, -0.05) is 38.1 Å². The van der Waals surface area contributed by atoms with Crippen molar-refractivity contribution < 1.29 is 4.74 Å². The summed E-state index contributed by atoms with van der Waals surface area (Å²) in [6, 6.07) is 10.4. The summed E-state index contributed by atoms with van der Waals surface area (Å²) in [5, 5.41) is 2.55. The topological polar surface area (TPSA) is 25.4 Å². The van der Waals surface area contributed by atoms with Crippen LogP contribution in [-0.2, 0) is 4.74 Å². The molecule has 0 radical (unpaired) electrons. The van der Waals surface area contributed by atoms with Crippen molar-refractivity contribution in [2.75, 3.05) is 6.54 Å². The summed E-state index contributed by atoms with van der Waals surface area (Å²) in [4.78, 5) is 7.07. The van der Waals surface area contributed by atoms with E-state index in [1.807, 2.05) is 12.4 Å². The van der Waals surface area contributed by atoms with Gasteiger partial charge in [-0.3, -0.25) is 9.88 Å². The first-order chi connectivity index (χ1) is 17.4. The standard InChI is InChI=1S/C33H44N2O/c1-5-35(23(2)3)31-14-13-29-20-30-8-6-7-25(27-12-11-26-15-18-34-22-28(26)19-27)10-9-24(4)33(30)17-16-32(29,21-31)36-33/h8,11-12,15,18-20,22-25,31H,5-7,9-10,13-14,16-17,21H2,1-4H3/b30-8-/t24-,25?,31+,32+,33-/m0/s1. The van der Waals surface area contributed by atoms with E-state index in [-0.39, 0.29) is 11.2 Å². The molecule has 1 saturated heterocycles. The van der Waals surface area contributed by atoms with Gasteiger partial charge in [-0.25, -0.2) is 0 Å². The molecule has 2 aliphatic heterocycles. The van der Waals surface area contributed by atoms with Crippen LogP contribution in [0.3, 0.4) is 0 Å². The fourth-order valence-corrected chi connectivity index (χ4v) is 8.24. The van der Waals surface area contributed by atoms with E-state index in [1.165, 1.54) is 73.3 Å². The lowest BCUT2D eigenvalue weighted by Gasteiger charge is -2.50. The number of benzene rings is 1. The second-order valence-electron chi connectivity index (χ2n) is 12.4. The zero-order valence-corrected chi connectivity index (χ0v) is 22.8. The van der Waals surface area contributed by atoms with Gasteiger partial charge in [0, 0.05) is 29.9 Å². The molecule has 3 heterocycles. The number of hydrogen-bond donors (Lipinski definition) is 0. The van der Waals surface area contributed by atoms with E-state index in [2.05, 4.69) is 74.0 Å². The van der Waals surface area contributed by atoms with Gasteiger partial charge in [0.2, 0.25) is 0 Å². The second-order valence-corrected chi connectivity index (χ2v) is 12.4. The zero-order valence-electron chi connectivity index (χ0n) is 22.8. The van der Waals surface area contributed by atoms with Crippen LogP contribution in [0.5, 0.6) is 0 Å². The molecule has 1 aromatic heterocycles. The van der Waals surface area contributed by atoms with Crippen molar-refractivity contribution in [1.82, 2.24) is 9.88 Å². The Labute approximate surface area is 218 Å². The highest BCUT2D eigenvalue weighted by Crippen LogP contribution is 2.59. The molecule has 0 N–H and O–H groups in total. The van der Waals surface area contributed by atoms with E-state index in [4.69, 9.17) is 4.74 Å². The molecular weight excluding hydrogens is 440 g/mol. The number of ether oxygens (including phenoxy) is 1. The molecule has 3 heteroatoms. The van der Waals surface area contributed by atoms with E-state index in [0.29, 0.717) is 23.9 Å². The lowest BCUT2D eigenvalue weighted by Crippen LogP contribution is -2.53. The van der Waals surface area contributed by atoms with Crippen LogP contribution < -0.4 is 0 Å². The number of fused-ring (bicyclic) bond motifs is 1. The maximum atomic E-state index is 7.42. The van der Waals surface area contributed by atoms with Crippen molar-refractivity contribution >= 4 is 10.8 Å². The Hall–Kier alpha value is -1.97. The van der Waals surface area contributed by atoms with E-state index in [9.17, 15) is 0 Å². The van der Waals surface area contributed by atoms with Gasteiger partial charge in [0.15, 0.2) is 0 Å². The third-order valence-corrected chi connectivity index (χ3v) is 10.3. The number of rotatable bonds is 4. The smallest absolute Gasteiger partial charge is 0.0966 e. The molecule has 2 bridgehead atoms. The Bertz CT molecular complexity index is 1180. The summed E-state index contributed by atoms with van der Waals surface area (Å²) < 4.78 is 7.42. The van der Waals surface area contributed by atoms with Crippen LogP contribution in [0.2, 0.25) is 0 Å². The zero-order chi connectivity index (χ0) is 24.9. The molecule has 6 rings (SSSR count). The van der Waals surface area contributed by atoms with Crippen molar-refractivity contribution in [2.24, 2.45) is 5.92 Å². The molecular formula is C33H44N2O. The van der Waals surface area contributed by atoms with Crippen LogP contribution in [0.1, 0.15) is 97.0 Å². The van der Waals surface area contributed by atoms with Crippen LogP contribution in [0, 0.1) is 5.92 Å². The molecule has 2 aromatic rings. The highest BCUT2D eigenvalue weighted by Gasteiger charge is 2.59. The first-order valence-corrected chi connectivity index (χ1v) is 14.7. The highest BCUT2D eigenvalue weighted by molar-refractivity contribution is 5.82. The number of pyridine rings is 1. The highest BCUT2D eigenvalue weighted by atomic mass is 16.5. The number of hydrogen-bond acceptors (Lipinski definition) is 3. The van der Waals surface area contributed by atoms with Crippen molar-refractivity contribution in [1.29, 1.82) is 0 Å².